The quantitative estimate of drug-likeness (QED) is 0.204. The molecular weight excluding hydrogens is 638 g/mol. The first-order valence-corrected chi connectivity index (χ1v) is 13.8. The Morgan fingerprint density at radius 2 is 1.68 bits per heavy atom. The predicted octanol–water partition coefficient (Wildman–Crippen LogP) is 6.71. The van der Waals surface area contributed by atoms with Gasteiger partial charge in [-0.05, 0) is 60.7 Å². The molecule has 2 aromatic heterocycles. The van der Waals surface area contributed by atoms with Crippen LogP contribution in [0.1, 0.15) is 51.0 Å². The number of nitrogens with two attached hydrogens (primary N) is 1. The highest BCUT2D eigenvalue weighted by Crippen LogP contribution is 2.35. The van der Waals surface area contributed by atoms with Crippen LogP contribution in [0.4, 0.5) is 35.1 Å². The van der Waals surface area contributed by atoms with Crippen LogP contribution in [-0.4, -0.2) is 40.9 Å². The molecule has 0 saturated heterocycles. The molecule has 0 bridgehead atoms. The van der Waals surface area contributed by atoms with Crippen molar-refractivity contribution in [1.29, 1.82) is 0 Å². The SMILES string of the molecule is CF.CF.NC(=O)c1cc(-c2cccnc2C(Cc2cc(F)cc(F)c2)NC(=O)Cn2nc(C(F)(F)F)c3c2CCC=C3)ccc1F. The lowest BCUT2D eigenvalue weighted by Gasteiger charge is -2.22. The number of carbonyl (C=O) groups is 2. The van der Waals surface area contributed by atoms with Crippen molar-refractivity contribution in [2.24, 2.45) is 5.73 Å². The minimum Gasteiger partial charge on any atom is -0.366 e. The average molecular weight is 668 g/mol. The highest BCUT2D eigenvalue weighted by atomic mass is 19.4. The summed E-state index contributed by atoms with van der Waals surface area (Å²) in [7, 11) is 1.00. The van der Waals surface area contributed by atoms with Gasteiger partial charge in [-0.25, -0.2) is 13.2 Å². The van der Waals surface area contributed by atoms with E-state index in [2.05, 4.69) is 15.4 Å². The number of amides is 2. The van der Waals surface area contributed by atoms with Crippen LogP contribution in [0, 0.1) is 17.5 Å². The summed E-state index contributed by atoms with van der Waals surface area (Å²) in [6, 6.07) is 8.49. The van der Waals surface area contributed by atoms with E-state index in [1.54, 1.807) is 18.2 Å². The van der Waals surface area contributed by atoms with Crippen molar-refractivity contribution in [2.75, 3.05) is 14.4 Å². The number of halogens is 8. The van der Waals surface area contributed by atoms with E-state index in [1.165, 1.54) is 24.4 Å². The molecular formula is C32H29F8N5O2. The van der Waals surface area contributed by atoms with Crippen LogP contribution >= 0.6 is 0 Å². The Hall–Kier alpha value is -5.08. The first kappa shape index (κ1) is 36.4. The summed E-state index contributed by atoms with van der Waals surface area (Å²) in [6.45, 7) is -0.579. The summed E-state index contributed by atoms with van der Waals surface area (Å²) in [5.41, 5.74) is 4.93. The second-order valence-corrected chi connectivity index (χ2v) is 9.90. The van der Waals surface area contributed by atoms with Gasteiger partial charge >= 0.3 is 6.18 Å². The lowest BCUT2D eigenvalue weighted by Crippen LogP contribution is -2.34. The van der Waals surface area contributed by atoms with Crippen molar-refractivity contribution in [3.63, 3.8) is 0 Å². The monoisotopic (exact) mass is 667 g/mol. The molecule has 2 heterocycles. The van der Waals surface area contributed by atoms with Gasteiger partial charge in [0.15, 0.2) is 5.69 Å². The molecule has 47 heavy (non-hydrogen) atoms. The van der Waals surface area contributed by atoms with Gasteiger partial charge in [0.25, 0.3) is 5.91 Å². The molecule has 7 nitrogen and oxygen atoms in total. The number of alkyl halides is 5. The number of benzene rings is 2. The molecule has 5 rings (SSSR count). The lowest BCUT2D eigenvalue weighted by atomic mass is 9.94. The Morgan fingerprint density at radius 1 is 1.00 bits per heavy atom. The largest absolute Gasteiger partial charge is 0.435 e. The van der Waals surface area contributed by atoms with Crippen LogP contribution in [0.25, 0.3) is 17.2 Å². The van der Waals surface area contributed by atoms with Gasteiger partial charge in [-0.15, -0.1) is 0 Å². The fraction of sp³-hybridized carbons (Fsp3) is 0.250. The van der Waals surface area contributed by atoms with Crippen LogP contribution in [0.5, 0.6) is 0 Å². The number of carbonyl (C=O) groups excluding carboxylic acids is 2. The molecule has 1 aliphatic carbocycles. The summed E-state index contributed by atoms with van der Waals surface area (Å²) in [4.78, 5) is 29.5. The zero-order valence-electron chi connectivity index (χ0n) is 25.0. The third kappa shape index (κ3) is 8.80. The van der Waals surface area contributed by atoms with Crippen LogP contribution in [-0.2, 0) is 30.4 Å². The number of nitrogens with zero attached hydrogens (tertiary/aromatic N) is 3. The van der Waals surface area contributed by atoms with E-state index >= 15 is 0 Å². The molecule has 250 valence electrons. The zero-order valence-corrected chi connectivity index (χ0v) is 25.0. The second-order valence-electron chi connectivity index (χ2n) is 9.90. The molecule has 2 aromatic carbocycles. The summed E-state index contributed by atoms with van der Waals surface area (Å²) in [5, 5.41) is 6.39. The van der Waals surface area contributed by atoms with Crippen LogP contribution < -0.4 is 11.1 Å². The Morgan fingerprint density at radius 3 is 2.32 bits per heavy atom. The normalized spacial score (nSPS) is 12.6. The number of rotatable bonds is 8. The van der Waals surface area contributed by atoms with E-state index in [4.69, 9.17) is 5.73 Å². The number of aromatic nitrogens is 3. The van der Waals surface area contributed by atoms with Gasteiger partial charge < -0.3 is 11.1 Å². The topological polar surface area (TPSA) is 103 Å². The van der Waals surface area contributed by atoms with Gasteiger partial charge in [0.1, 0.15) is 24.0 Å². The van der Waals surface area contributed by atoms with Gasteiger partial charge in [-0.1, -0.05) is 24.3 Å². The van der Waals surface area contributed by atoms with Crippen molar-refractivity contribution in [1.82, 2.24) is 20.1 Å². The van der Waals surface area contributed by atoms with E-state index < -0.39 is 59.3 Å². The maximum atomic E-state index is 14.2. The maximum absolute atomic E-state index is 14.2. The van der Waals surface area contributed by atoms with Crippen molar-refractivity contribution < 1.29 is 44.7 Å². The number of nitrogens with one attached hydrogen (secondary N) is 1. The highest BCUT2D eigenvalue weighted by molar-refractivity contribution is 5.94. The summed E-state index contributed by atoms with van der Waals surface area (Å²) >= 11 is 0. The average Bonchev–Trinajstić information content (AvgIpc) is 3.41. The van der Waals surface area contributed by atoms with Crippen molar-refractivity contribution in [3.8, 4) is 11.1 Å². The second kappa shape index (κ2) is 16.0. The van der Waals surface area contributed by atoms with Crippen molar-refractivity contribution in [2.45, 2.75) is 38.0 Å². The lowest BCUT2D eigenvalue weighted by molar-refractivity contribution is -0.142. The van der Waals surface area contributed by atoms with E-state index in [9.17, 15) is 44.7 Å². The summed E-state index contributed by atoms with van der Waals surface area (Å²) < 4.78 is 103. The Bertz CT molecular complexity index is 1730. The third-order valence-electron chi connectivity index (χ3n) is 6.90. The molecule has 1 unspecified atom stereocenters. The van der Waals surface area contributed by atoms with E-state index in [0.29, 0.717) is 38.0 Å². The van der Waals surface area contributed by atoms with Crippen molar-refractivity contribution >= 4 is 17.9 Å². The maximum Gasteiger partial charge on any atom is 0.435 e. The van der Waals surface area contributed by atoms with E-state index in [1.807, 2.05) is 0 Å². The molecule has 0 aliphatic heterocycles. The van der Waals surface area contributed by atoms with Crippen LogP contribution in [0.2, 0.25) is 0 Å². The minimum atomic E-state index is -4.74. The molecule has 0 spiro atoms. The van der Waals surface area contributed by atoms with E-state index in [-0.39, 0.29) is 35.4 Å². The molecule has 0 radical (unpaired) electrons. The summed E-state index contributed by atoms with van der Waals surface area (Å²) in [5.74, 6) is -4.33. The van der Waals surface area contributed by atoms with Gasteiger partial charge in [0, 0.05) is 29.1 Å². The number of pyridine rings is 1. The van der Waals surface area contributed by atoms with Gasteiger partial charge in [-0.3, -0.25) is 28.0 Å². The molecule has 3 N–H and O–H groups in total. The molecule has 1 atom stereocenters. The third-order valence-corrected chi connectivity index (χ3v) is 6.90. The fourth-order valence-electron chi connectivity index (χ4n) is 5.09. The minimum absolute atomic E-state index is 0.105. The first-order valence-electron chi connectivity index (χ1n) is 13.8. The number of primary amides is 1. The standard InChI is InChI=1S/C30H23F6N5O2.2CH3F/c31-18-10-16(11-19(32)14-18)12-24(27-20(5-3-9-38-27)17-7-8-23(33)22(13-17)29(37)43)39-26(42)15-41-25-6-2-1-4-21(25)28(40-41)30(34,35)36;2*1-2/h1,3-5,7-11,13-14,24H,2,6,12,15H2,(H2,37,43)(H,39,42);2*1H3. The molecule has 0 fully saturated rings. The number of hydrogen-bond donors (Lipinski definition) is 2. The van der Waals surface area contributed by atoms with Crippen LogP contribution in [0.3, 0.4) is 0 Å². The Balaban J connectivity index is 0.00000144. The molecule has 2 amide bonds. The molecule has 4 aromatic rings. The first-order chi connectivity index (χ1) is 22.4. The van der Waals surface area contributed by atoms with Gasteiger partial charge in [0.2, 0.25) is 5.91 Å². The fourth-order valence-corrected chi connectivity index (χ4v) is 5.09. The van der Waals surface area contributed by atoms with Gasteiger partial charge in [-0.2, -0.15) is 18.3 Å². The number of allylic oxidation sites excluding steroid dienone is 1. The Labute approximate surface area is 264 Å². The van der Waals surface area contributed by atoms with E-state index in [0.717, 1.165) is 22.9 Å². The Kier molecular flexibility index (Phi) is 12.4. The molecule has 0 saturated carbocycles. The molecule has 15 heteroatoms. The smallest absolute Gasteiger partial charge is 0.366 e. The number of hydrogen-bond acceptors (Lipinski definition) is 4. The summed E-state index contributed by atoms with van der Waals surface area (Å²) in [6.07, 6.45) is 0.113. The van der Waals surface area contributed by atoms with Gasteiger partial charge in [0.05, 0.1) is 31.7 Å². The van der Waals surface area contributed by atoms with Crippen molar-refractivity contribution in [3.05, 3.63) is 112 Å². The number of fused-ring (bicyclic) bond motifs is 1. The molecule has 1 aliphatic rings. The van der Waals surface area contributed by atoms with Crippen LogP contribution in [0.15, 0.2) is 60.8 Å². The zero-order chi connectivity index (χ0) is 34.9. The predicted molar refractivity (Wildman–Crippen MR) is 158 cm³/mol. The highest BCUT2D eigenvalue weighted by Gasteiger charge is 2.39.